The van der Waals surface area contributed by atoms with Crippen LogP contribution in [0.5, 0.6) is 0 Å². The fourth-order valence-corrected chi connectivity index (χ4v) is 2.83. The Morgan fingerprint density at radius 2 is 2.14 bits per heavy atom. The summed E-state index contributed by atoms with van der Waals surface area (Å²) in [6.07, 6.45) is 3.79. The Morgan fingerprint density at radius 3 is 2.76 bits per heavy atom. The molecule has 0 radical (unpaired) electrons. The summed E-state index contributed by atoms with van der Waals surface area (Å²) in [5.74, 6) is -0.428. The summed E-state index contributed by atoms with van der Waals surface area (Å²) in [4.78, 5) is 14.2. The predicted molar refractivity (Wildman–Crippen MR) is 82.3 cm³/mol. The molecule has 1 fully saturated rings. The zero-order chi connectivity index (χ0) is 15.1. The van der Waals surface area contributed by atoms with Crippen LogP contribution in [0.4, 0.5) is 0 Å². The molecule has 0 spiro atoms. The summed E-state index contributed by atoms with van der Waals surface area (Å²) in [5, 5.41) is 0. The van der Waals surface area contributed by atoms with Crippen LogP contribution in [-0.4, -0.2) is 50.8 Å². The lowest BCUT2D eigenvalue weighted by Gasteiger charge is -2.29. The van der Waals surface area contributed by atoms with Crippen LogP contribution in [0.3, 0.4) is 0 Å². The van der Waals surface area contributed by atoms with Crippen LogP contribution in [0, 0.1) is 0 Å². The highest BCUT2D eigenvalue weighted by Gasteiger charge is 2.24. The van der Waals surface area contributed by atoms with E-state index >= 15 is 0 Å². The van der Waals surface area contributed by atoms with E-state index in [0.29, 0.717) is 6.54 Å². The number of hydrogen-bond donors (Lipinski definition) is 0. The molecule has 0 saturated carbocycles. The molecule has 1 aliphatic heterocycles. The van der Waals surface area contributed by atoms with E-state index < -0.39 is 0 Å². The van der Waals surface area contributed by atoms with E-state index in [-0.39, 0.29) is 18.0 Å². The van der Waals surface area contributed by atoms with E-state index in [1.807, 2.05) is 37.4 Å². The quantitative estimate of drug-likeness (QED) is 0.755. The predicted octanol–water partition coefficient (Wildman–Crippen LogP) is 2.44. The molecule has 0 bridgehead atoms. The summed E-state index contributed by atoms with van der Waals surface area (Å²) in [5.41, 5.74) is 1.00. The first-order chi connectivity index (χ1) is 10.2. The van der Waals surface area contributed by atoms with Crippen molar-refractivity contribution in [3.63, 3.8) is 0 Å². The Hall–Kier alpha value is -1.39. The molecule has 0 amide bonds. The minimum atomic E-state index is -0.246. The number of methoxy groups -OCH3 is 1. The standard InChI is InChI=1S/C17H25NO3/c1-18(12-15-10-6-7-11-21-15)13-16(17(19)20-2)14-8-4-3-5-9-14/h3-5,8-9,15-16H,6-7,10-13H2,1-2H3. The SMILES string of the molecule is COC(=O)C(CN(C)CC1CCCCO1)c1ccccc1. The average molecular weight is 291 g/mol. The monoisotopic (exact) mass is 291 g/mol. The number of nitrogens with zero attached hydrogens (tertiary/aromatic N) is 1. The Labute approximate surface area is 127 Å². The number of likely N-dealkylation sites (N-methyl/N-ethyl adjacent to an activating group) is 1. The van der Waals surface area contributed by atoms with Crippen molar-refractivity contribution in [1.82, 2.24) is 4.90 Å². The Bertz CT molecular complexity index is 429. The highest BCUT2D eigenvalue weighted by atomic mass is 16.5. The van der Waals surface area contributed by atoms with Crippen molar-refractivity contribution < 1.29 is 14.3 Å². The normalized spacial score (nSPS) is 20.2. The molecule has 0 N–H and O–H groups in total. The fraction of sp³-hybridized carbons (Fsp3) is 0.588. The lowest BCUT2D eigenvalue weighted by Crippen LogP contribution is -2.37. The van der Waals surface area contributed by atoms with Crippen LogP contribution in [0.2, 0.25) is 0 Å². The number of carbonyl (C=O) groups is 1. The van der Waals surface area contributed by atoms with Crippen molar-refractivity contribution in [2.75, 3.05) is 33.9 Å². The molecule has 4 nitrogen and oxygen atoms in total. The molecular weight excluding hydrogens is 266 g/mol. The first-order valence-corrected chi connectivity index (χ1v) is 7.63. The number of hydrogen-bond acceptors (Lipinski definition) is 4. The van der Waals surface area contributed by atoms with Gasteiger partial charge in [-0.15, -0.1) is 0 Å². The van der Waals surface area contributed by atoms with Gasteiger partial charge in [0.1, 0.15) is 0 Å². The number of benzene rings is 1. The van der Waals surface area contributed by atoms with Gasteiger partial charge in [-0.2, -0.15) is 0 Å². The van der Waals surface area contributed by atoms with E-state index in [1.165, 1.54) is 13.5 Å². The molecule has 21 heavy (non-hydrogen) atoms. The van der Waals surface area contributed by atoms with Crippen molar-refractivity contribution in [2.24, 2.45) is 0 Å². The second-order valence-corrected chi connectivity index (χ2v) is 5.70. The van der Waals surface area contributed by atoms with Crippen LogP contribution in [0.25, 0.3) is 0 Å². The molecule has 2 rings (SSSR count). The Morgan fingerprint density at radius 1 is 1.38 bits per heavy atom. The van der Waals surface area contributed by atoms with Gasteiger partial charge in [0.05, 0.1) is 19.1 Å². The van der Waals surface area contributed by atoms with Crippen molar-refractivity contribution >= 4 is 5.97 Å². The first-order valence-electron chi connectivity index (χ1n) is 7.63. The zero-order valence-electron chi connectivity index (χ0n) is 13.0. The largest absolute Gasteiger partial charge is 0.469 e. The topological polar surface area (TPSA) is 38.8 Å². The Balaban J connectivity index is 1.96. The van der Waals surface area contributed by atoms with Gasteiger partial charge < -0.3 is 14.4 Å². The van der Waals surface area contributed by atoms with Crippen molar-refractivity contribution in [3.8, 4) is 0 Å². The lowest BCUT2D eigenvalue weighted by atomic mass is 9.98. The lowest BCUT2D eigenvalue weighted by molar-refractivity contribution is -0.143. The second-order valence-electron chi connectivity index (χ2n) is 5.70. The first kappa shape index (κ1) is 16.0. The summed E-state index contributed by atoms with van der Waals surface area (Å²) in [6.45, 7) is 2.37. The summed E-state index contributed by atoms with van der Waals surface area (Å²) >= 11 is 0. The van der Waals surface area contributed by atoms with Gasteiger partial charge in [-0.1, -0.05) is 30.3 Å². The molecule has 1 aromatic carbocycles. The third-order valence-electron chi connectivity index (χ3n) is 3.97. The van der Waals surface area contributed by atoms with Gasteiger partial charge in [-0.05, 0) is 31.9 Å². The zero-order valence-corrected chi connectivity index (χ0v) is 13.0. The summed E-state index contributed by atoms with van der Waals surface area (Å²) in [7, 11) is 3.49. The summed E-state index contributed by atoms with van der Waals surface area (Å²) < 4.78 is 10.7. The van der Waals surface area contributed by atoms with Crippen LogP contribution < -0.4 is 0 Å². The highest BCUT2D eigenvalue weighted by Crippen LogP contribution is 2.20. The third-order valence-corrected chi connectivity index (χ3v) is 3.97. The van der Waals surface area contributed by atoms with Crippen molar-refractivity contribution in [3.05, 3.63) is 35.9 Å². The average Bonchev–Trinajstić information content (AvgIpc) is 2.53. The van der Waals surface area contributed by atoms with E-state index in [2.05, 4.69) is 4.90 Å². The molecule has 1 heterocycles. The van der Waals surface area contributed by atoms with Crippen LogP contribution in [0.1, 0.15) is 30.7 Å². The van der Waals surface area contributed by atoms with E-state index in [4.69, 9.17) is 9.47 Å². The van der Waals surface area contributed by atoms with Crippen LogP contribution in [0.15, 0.2) is 30.3 Å². The number of esters is 1. The molecule has 116 valence electrons. The molecule has 1 aromatic rings. The van der Waals surface area contributed by atoms with Crippen molar-refractivity contribution in [1.29, 1.82) is 0 Å². The van der Waals surface area contributed by atoms with Gasteiger partial charge in [-0.3, -0.25) is 4.79 Å². The highest BCUT2D eigenvalue weighted by molar-refractivity contribution is 5.78. The number of ether oxygens (including phenoxy) is 2. The minimum Gasteiger partial charge on any atom is -0.469 e. The van der Waals surface area contributed by atoms with Gasteiger partial charge in [-0.25, -0.2) is 0 Å². The molecule has 4 heteroatoms. The minimum absolute atomic E-state index is 0.183. The molecule has 1 saturated heterocycles. The number of carbonyl (C=O) groups excluding carboxylic acids is 1. The second kappa shape index (κ2) is 8.15. The smallest absolute Gasteiger partial charge is 0.314 e. The van der Waals surface area contributed by atoms with E-state index in [0.717, 1.165) is 31.6 Å². The maximum absolute atomic E-state index is 12.1. The van der Waals surface area contributed by atoms with Gasteiger partial charge >= 0.3 is 5.97 Å². The van der Waals surface area contributed by atoms with E-state index in [1.54, 1.807) is 0 Å². The van der Waals surface area contributed by atoms with Gasteiger partial charge in [0, 0.05) is 19.7 Å². The third kappa shape index (κ3) is 4.83. The Kier molecular flexibility index (Phi) is 6.21. The van der Waals surface area contributed by atoms with Gasteiger partial charge in [0.25, 0.3) is 0 Å². The maximum Gasteiger partial charge on any atom is 0.314 e. The molecule has 1 aliphatic rings. The fourth-order valence-electron chi connectivity index (χ4n) is 2.83. The number of rotatable bonds is 6. The summed E-state index contributed by atoms with van der Waals surface area (Å²) in [6, 6.07) is 9.82. The molecule has 2 unspecified atom stereocenters. The van der Waals surface area contributed by atoms with Crippen LogP contribution in [-0.2, 0) is 14.3 Å². The van der Waals surface area contributed by atoms with E-state index in [9.17, 15) is 4.79 Å². The molecule has 2 atom stereocenters. The molecular formula is C17H25NO3. The van der Waals surface area contributed by atoms with Gasteiger partial charge in [0.15, 0.2) is 0 Å². The van der Waals surface area contributed by atoms with Crippen LogP contribution >= 0.6 is 0 Å². The maximum atomic E-state index is 12.1. The van der Waals surface area contributed by atoms with Crippen molar-refractivity contribution in [2.45, 2.75) is 31.3 Å². The van der Waals surface area contributed by atoms with Gasteiger partial charge in [0.2, 0.25) is 0 Å². The molecule has 0 aromatic heterocycles. The molecule has 0 aliphatic carbocycles.